The van der Waals surface area contributed by atoms with Crippen LogP contribution < -0.4 is 5.32 Å². The number of amides is 2. The molecule has 1 saturated heterocycles. The second kappa shape index (κ2) is 7.47. The summed E-state index contributed by atoms with van der Waals surface area (Å²) in [6.07, 6.45) is 1.55. The summed E-state index contributed by atoms with van der Waals surface area (Å²) in [5.41, 5.74) is -0.485. The Kier molecular flexibility index (Phi) is 6.26. The second-order valence-corrected chi connectivity index (χ2v) is 6.04. The van der Waals surface area contributed by atoms with E-state index in [-0.39, 0.29) is 18.0 Å². The van der Waals surface area contributed by atoms with E-state index in [9.17, 15) is 9.59 Å². The van der Waals surface area contributed by atoms with E-state index in [1.165, 1.54) is 0 Å². The van der Waals surface area contributed by atoms with Crippen molar-refractivity contribution in [1.29, 1.82) is 0 Å². The van der Waals surface area contributed by atoms with E-state index >= 15 is 0 Å². The Bertz CT molecular complexity index is 331. The highest BCUT2D eigenvalue weighted by Gasteiger charge is 2.25. The number of ether oxygens (including phenoxy) is 2. The van der Waals surface area contributed by atoms with Crippen molar-refractivity contribution in [3.63, 3.8) is 0 Å². The van der Waals surface area contributed by atoms with Crippen LogP contribution in [-0.2, 0) is 14.3 Å². The predicted molar refractivity (Wildman–Crippen MR) is 75.5 cm³/mol. The van der Waals surface area contributed by atoms with Gasteiger partial charge in [-0.3, -0.25) is 4.79 Å². The number of carbonyl (C=O) groups excluding carboxylic acids is 2. The molecule has 1 fully saturated rings. The van der Waals surface area contributed by atoms with Crippen LogP contribution in [0.2, 0.25) is 0 Å². The first-order chi connectivity index (χ1) is 9.31. The first-order valence-electron chi connectivity index (χ1n) is 7.08. The number of piperidine rings is 1. The van der Waals surface area contributed by atoms with Crippen molar-refractivity contribution >= 4 is 12.0 Å². The van der Waals surface area contributed by atoms with Gasteiger partial charge in [0.25, 0.3) is 0 Å². The van der Waals surface area contributed by atoms with Gasteiger partial charge in [-0.15, -0.1) is 0 Å². The van der Waals surface area contributed by atoms with Crippen LogP contribution in [0.4, 0.5) is 4.79 Å². The minimum atomic E-state index is -0.485. The summed E-state index contributed by atoms with van der Waals surface area (Å²) in [5.74, 6) is 0.113. The molecule has 20 heavy (non-hydrogen) atoms. The summed E-state index contributed by atoms with van der Waals surface area (Å²) in [6.45, 7) is 7.30. The maximum absolute atomic E-state index is 11.8. The SMILES string of the molecule is COCCC(=O)N1CCC(NC(=O)OC(C)(C)C)CC1. The Balaban J connectivity index is 2.28. The molecule has 0 aromatic rings. The van der Waals surface area contributed by atoms with Gasteiger partial charge < -0.3 is 19.7 Å². The summed E-state index contributed by atoms with van der Waals surface area (Å²) in [4.78, 5) is 25.3. The molecule has 0 aromatic carbocycles. The summed E-state index contributed by atoms with van der Waals surface area (Å²) < 4.78 is 10.1. The number of rotatable bonds is 4. The molecular formula is C14H26N2O4. The third-order valence-corrected chi connectivity index (χ3v) is 3.09. The van der Waals surface area contributed by atoms with Crippen LogP contribution in [0.3, 0.4) is 0 Å². The zero-order chi connectivity index (χ0) is 15.2. The highest BCUT2D eigenvalue weighted by molar-refractivity contribution is 5.76. The molecule has 1 rings (SSSR count). The number of hydrogen-bond donors (Lipinski definition) is 1. The van der Waals surface area contributed by atoms with Gasteiger partial charge >= 0.3 is 6.09 Å². The van der Waals surface area contributed by atoms with Crippen LogP contribution >= 0.6 is 0 Å². The van der Waals surface area contributed by atoms with Gasteiger partial charge in [-0.05, 0) is 33.6 Å². The largest absolute Gasteiger partial charge is 0.444 e. The molecule has 6 heteroatoms. The average Bonchev–Trinajstić information content (AvgIpc) is 2.34. The zero-order valence-electron chi connectivity index (χ0n) is 12.9. The average molecular weight is 286 g/mol. The minimum Gasteiger partial charge on any atom is -0.444 e. The van der Waals surface area contributed by atoms with Crippen molar-refractivity contribution in [2.75, 3.05) is 26.8 Å². The Labute approximate surface area is 120 Å². The third-order valence-electron chi connectivity index (χ3n) is 3.09. The van der Waals surface area contributed by atoms with Gasteiger partial charge in [-0.25, -0.2) is 4.79 Å². The van der Waals surface area contributed by atoms with Crippen LogP contribution in [0.1, 0.15) is 40.0 Å². The molecule has 2 amide bonds. The molecule has 1 heterocycles. The first-order valence-corrected chi connectivity index (χ1v) is 7.08. The van der Waals surface area contributed by atoms with Crippen LogP contribution in [0.5, 0.6) is 0 Å². The zero-order valence-corrected chi connectivity index (χ0v) is 12.9. The topological polar surface area (TPSA) is 67.9 Å². The van der Waals surface area contributed by atoms with E-state index < -0.39 is 5.60 Å². The van der Waals surface area contributed by atoms with Gasteiger partial charge in [-0.1, -0.05) is 0 Å². The van der Waals surface area contributed by atoms with Crippen LogP contribution in [-0.4, -0.2) is 55.3 Å². The Morgan fingerprint density at radius 3 is 2.35 bits per heavy atom. The van der Waals surface area contributed by atoms with Crippen molar-refractivity contribution in [1.82, 2.24) is 10.2 Å². The summed E-state index contributed by atoms with van der Waals surface area (Å²) in [7, 11) is 1.59. The van der Waals surface area contributed by atoms with Crippen LogP contribution in [0.25, 0.3) is 0 Å². The van der Waals surface area contributed by atoms with Crippen molar-refractivity contribution in [2.24, 2.45) is 0 Å². The lowest BCUT2D eigenvalue weighted by molar-refractivity contribution is -0.133. The molecule has 116 valence electrons. The van der Waals surface area contributed by atoms with Crippen LogP contribution in [0.15, 0.2) is 0 Å². The van der Waals surface area contributed by atoms with E-state index in [0.29, 0.717) is 26.1 Å². The fourth-order valence-electron chi connectivity index (χ4n) is 2.09. The van der Waals surface area contributed by atoms with E-state index in [2.05, 4.69) is 5.32 Å². The fraction of sp³-hybridized carbons (Fsp3) is 0.857. The lowest BCUT2D eigenvalue weighted by Gasteiger charge is -2.32. The lowest BCUT2D eigenvalue weighted by Crippen LogP contribution is -2.47. The maximum Gasteiger partial charge on any atom is 0.407 e. The van der Waals surface area contributed by atoms with Crippen molar-refractivity contribution in [2.45, 2.75) is 51.7 Å². The van der Waals surface area contributed by atoms with Crippen molar-refractivity contribution in [3.8, 4) is 0 Å². The normalized spacial score (nSPS) is 16.9. The van der Waals surface area contributed by atoms with Gasteiger partial charge in [-0.2, -0.15) is 0 Å². The highest BCUT2D eigenvalue weighted by atomic mass is 16.6. The molecule has 0 aliphatic carbocycles. The molecule has 0 spiro atoms. The second-order valence-electron chi connectivity index (χ2n) is 6.04. The molecular weight excluding hydrogens is 260 g/mol. The maximum atomic E-state index is 11.8. The number of likely N-dealkylation sites (tertiary alicyclic amines) is 1. The number of nitrogens with one attached hydrogen (secondary N) is 1. The Morgan fingerprint density at radius 1 is 1.25 bits per heavy atom. The number of carbonyl (C=O) groups is 2. The smallest absolute Gasteiger partial charge is 0.407 e. The van der Waals surface area contributed by atoms with E-state index in [0.717, 1.165) is 12.8 Å². The Hall–Kier alpha value is -1.30. The molecule has 1 aliphatic heterocycles. The summed E-state index contributed by atoms with van der Waals surface area (Å²) >= 11 is 0. The van der Waals surface area contributed by atoms with Gasteiger partial charge in [0.15, 0.2) is 0 Å². The van der Waals surface area contributed by atoms with Crippen LogP contribution in [0, 0.1) is 0 Å². The monoisotopic (exact) mass is 286 g/mol. The minimum absolute atomic E-state index is 0.0799. The quantitative estimate of drug-likeness (QED) is 0.851. The standard InChI is InChI=1S/C14H26N2O4/c1-14(2,3)20-13(18)15-11-5-8-16(9-6-11)12(17)7-10-19-4/h11H,5-10H2,1-4H3,(H,15,18). The molecule has 1 N–H and O–H groups in total. The van der Waals surface area contributed by atoms with Gasteiger partial charge in [0.05, 0.1) is 13.0 Å². The van der Waals surface area contributed by atoms with Crippen molar-refractivity contribution in [3.05, 3.63) is 0 Å². The van der Waals surface area contributed by atoms with E-state index in [4.69, 9.17) is 9.47 Å². The van der Waals surface area contributed by atoms with Crippen molar-refractivity contribution < 1.29 is 19.1 Å². The van der Waals surface area contributed by atoms with E-state index in [1.807, 2.05) is 25.7 Å². The molecule has 0 radical (unpaired) electrons. The van der Waals surface area contributed by atoms with Gasteiger partial charge in [0.2, 0.25) is 5.91 Å². The molecule has 6 nitrogen and oxygen atoms in total. The van der Waals surface area contributed by atoms with Gasteiger partial charge in [0, 0.05) is 26.2 Å². The summed E-state index contributed by atoms with van der Waals surface area (Å²) in [6, 6.07) is 0.0799. The molecule has 0 bridgehead atoms. The molecule has 1 aliphatic rings. The number of hydrogen-bond acceptors (Lipinski definition) is 4. The third kappa shape index (κ3) is 6.23. The summed E-state index contributed by atoms with van der Waals surface area (Å²) in [5, 5.41) is 2.85. The number of methoxy groups -OCH3 is 1. The van der Waals surface area contributed by atoms with Gasteiger partial charge in [0.1, 0.15) is 5.60 Å². The molecule has 0 saturated carbocycles. The fourth-order valence-corrected chi connectivity index (χ4v) is 2.09. The molecule has 0 aromatic heterocycles. The first kappa shape index (κ1) is 16.8. The highest BCUT2D eigenvalue weighted by Crippen LogP contribution is 2.13. The molecule has 0 atom stereocenters. The Morgan fingerprint density at radius 2 is 1.85 bits per heavy atom. The molecule has 0 unspecified atom stereocenters. The lowest BCUT2D eigenvalue weighted by atomic mass is 10.0. The van der Waals surface area contributed by atoms with E-state index in [1.54, 1.807) is 7.11 Å². The number of alkyl carbamates (subject to hydrolysis) is 1. The predicted octanol–water partition coefficient (Wildman–Crippen LogP) is 1.54. The number of nitrogens with zero attached hydrogens (tertiary/aromatic N) is 1.